The first kappa shape index (κ1) is 19.0. The maximum Gasteiger partial charge on any atom is 0.253 e. The van der Waals surface area contributed by atoms with Crippen LogP contribution in [0.2, 0.25) is 10.0 Å². The van der Waals surface area contributed by atoms with Crippen molar-refractivity contribution in [1.29, 1.82) is 0 Å². The van der Waals surface area contributed by atoms with Crippen LogP contribution < -0.4 is 10.6 Å². The first-order chi connectivity index (χ1) is 13.0. The lowest BCUT2D eigenvalue weighted by Crippen LogP contribution is -2.41. The molecule has 0 saturated carbocycles. The molecule has 0 bridgehead atoms. The van der Waals surface area contributed by atoms with Gasteiger partial charge in [-0.1, -0.05) is 65.7 Å². The molecule has 136 valence electrons. The molecule has 27 heavy (non-hydrogen) atoms. The molecular formula is C21H16Cl2N2O2. The number of benzene rings is 3. The monoisotopic (exact) mass is 398 g/mol. The molecule has 0 unspecified atom stereocenters. The van der Waals surface area contributed by atoms with Gasteiger partial charge in [0.05, 0.1) is 0 Å². The highest BCUT2D eigenvalue weighted by Crippen LogP contribution is 2.25. The Labute approximate surface area is 167 Å². The second kappa shape index (κ2) is 8.71. The van der Waals surface area contributed by atoms with Gasteiger partial charge in [-0.3, -0.25) is 9.59 Å². The Hall–Kier alpha value is -2.82. The Bertz CT molecular complexity index is 893. The molecule has 3 rings (SSSR count). The second-order valence-corrected chi connectivity index (χ2v) is 6.62. The number of halogens is 2. The number of rotatable bonds is 5. The van der Waals surface area contributed by atoms with Crippen molar-refractivity contribution in [1.82, 2.24) is 10.6 Å². The highest BCUT2D eigenvalue weighted by Gasteiger charge is 2.21. The molecule has 3 aromatic rings. The van der Waals surface area contributed by atoms with E-state index < -0.39 is 6.17 Å². The van der Waals surface area contributed by atoms with Gasteiger partial charge in [0.1, 0.15) is 6.17 Å². The van der Waals surface area contributed by atoms with E-state index in [0.717, 1.165) is 0 Å². The van der Waals surface area contributed by atoms with Crippen molar-refractivity contribution in [2.24, 2.45) is 0 Å². The molecule has 2 amide bonds. The number of carbonyl (C=O) groups excluding carboxylic acids is 2. The molecular weight excluding hydrogens is 383 g/mol. The molecule has 0 radical (unpaired) electrons. The van der Waals surface area contributed by atoms with Crippen LogP contribution in [0.15, 0.2) is 78.9 Å². The van der Waals surface area contributed by atoms with Crippen molar-refractivity contribution in [3.63, 3.8) is 0 Å². The summed E-state index contributed by atoms with van der Waals surface area (Å²) in [4.78, 5) is 25.2. The Morgan fingerprint density at radius 2 is 1.19 bits per heavy atom. The highest BCUT2D eigenvalue weighted by molar-refractivity contribution is 6.35. The number of hydrogen-bond donors (Lipinski definition) is 2. The SMILES string of the molecule is O=C(NC(NC(=O)c1ccccc1)c1ccc(Cl)cc1Cl)c1ccccc1. The maximum absolute atomic E-state index is 12.6. The van der Waals surface area contributed by atoms with Gasteiger partial charge in [0.15, 0.2) is 0 Å². The molecule has 0 saturated heterocycles. The van der Waals surface area contributed by atoms with Crippen molar-refractivity contribution in [2.75, 3.05) is 0 Å². The first-order valence-corrected chi connectivity index (χ1v) is 8.97. The van der Waals surface area contributed by atoms with Gasteiger partial charge in [0, 0.05) is 26.7 Å². The molecule has 0 spiro atoms. The maximum atomic E-state index is 12.6. The Balaban J connectivity index is 1.88. The minimum Gasteiger partial charge on any atom is -0.328 e. The second-order valence-electron chi connectivity index (χ2n) is 5.78. The van der Waals surface area contributed by atoms with Gasteiger partial charge < -0.3 is 10.6 Å². The zero-order valence-corrected chi connectivity index (χ0v) is 15.7. The molecule has 0 fully saturated rings. The van der Waals surface area contributed by atoms with Crippen molar-refractivity contribution in [3.05, 3.63) is 106 Å². The lowest BCUT2D eigenvalue weighted by Gasteiger charge is -2.22. The Morgan fingerprint density at radius 3 is 1.63 bits per heavy atom. The van der Waals surface area contributed by atoms with Crippen LogP contribution in [-0.4, -0.2) is 11.8 Å². The zero-order chi connectivity index (χ0) is 19.2. The summed E-state index contributed by atoms with van der Waals surface area (Å²) in [5.41, 5.74) is 1.48. The Morgan fingerprint density at radius 1 is 0.704 bits per heavy atom. The number of nitrogens with one attached hydrogen (secondary N) is 2. The van der Waals surface area contributed by atoms with Crippen LogP contribution in [0.4, 0.5) is 0 Å². The van der Waals surface area contributed by atoms with Crippen LogP contribution in [0.3, 0.4) is 0 Å². The summed E-state index contributed by atoms with van der Waals surface area (Å²) >= 11 is 12.3. The fraction of sp³-hybridized carbons (Fsp3) is 0.0476. The van der Waals surface area contributed by atoms with Crippen molar-refractivity contribution < 1.29 is 9.59 Å². The van der Waals surface area contributed by atoms with Crippen molar-refractivity contribution in [2.45, 2.75) is 6.17 Å². The summed E-state index contributed by atoms with van der Waals surface area (Å²) in [5.74, 6) is -0.667. The normalized spacial score (nSPS) is 10.5. The molecule has 0 aliphatic carbocycles. The van der Waals surface area contributed by atoms with E-state index in [-0.39, 0.29) is 11.8 Å². The van der Waals surface area contributed by atoms with Gasteiger partial charge in [-0.25, -0.2) is 0 Å². The summed E-state index contributed by atoms with van der Waals surface area (Å²) in [5, 5.41) is 6.43. The van der Waals surface area contributed by atoms with Gasteiger partial charge in [0.2, 0.25) is 0 Å². The van der Waals surface area contributed by atoms with E-state index >= 15 is 0 Å². The van der Waals surface area contributed by atoms with E-state index in [4.69, 9.17) is 23.2 Å². The molecule has 6 heteroatoms. The molecule has 2 N–H and O–H groups in total. The number of hydrogen-bond acceptors (Lipinski definition) is 2. The summed E-state index contributed by atoms with van der Waals surface area (Å²) in [7, 11) is 0. The van der Waals surface area contributed by atoms with Gasteiger partial charge in [-0.05, 0) is 36.4 Å². The van der Waals surface area contributed by atoms with Crippen LogP contribution in [0.5, 0.6) is 0 Å². The summed E-state index contributed by atoms with van der Waals surface area (Å²) in [6.07, 6.45) is -0.824. The van der Waals surface area contributed by atoms with Crippen LogP contribution in [0, 0.1) is 0 Å². The van der Waals surface area contributed by atoms with Crippen LogP contribution in [-0.2, 0) is 0 Å². The summed E-state index contributed by atoms with van der Waals surface area (Å²) in [6, 6.07) is 22.4. The molecule has 4 nitrogen and oxygen atoms in total. The highest BCUT2D eigenvalue weighted by atomic mass is 35.5. The lowest BCUT2D eigenvalue weighted by molar-refractivity contribution is 0.0883. The predicted octanol–water partition coefficient (Wildman–Crippen LogP) is 4.85. The van der Waals surface area contributed by atoms with Crippen molar-refractivity contribution in [3.8, 4) is 0 Å². The summed E-state index contributed by atoms with van der Waals surface area (Å²) in [6.45, 7) is 0. The fourth-order valence-electron chi connectivity index (χ4n) is 2.54. The minimum absolute atomic E-state index is 0.333. The van der Waals surface area contributed by atoms with Crippen molar-refractivity contribution >= 4 is 35.0 Å². The third kappa shape index (κ3) is 4.88. The third-order valence-electron chi connectivity index (χ3n) is 3.90. The standard InChI is InChI=1S/C21H16Cl2N2O2/c22-16-11-12-17(18(23)13-16)19(24-20(26)14-7-3-1-4-8-14)25-21(27)15-9-5-2-6-10-15/h1-13,19H,(H,24,26)(H,25,27). The molecule has 0 heterocycles. The number of amides is 2. The topological polar surface area (TPSA) is 58.2 Å². The lowest BCUT2D eigenvalue weighted by atomic mass is 10.1. The third-order valence-corrected chi connectivity index (χ3v) is 4.46. The molecule has 0 atom stereocenters. The smallest absolute Gasteiger partial charge is 0.253 e. The minimum atomic E-state index is -0.824. The molecule has 0 aliphatic rings. The summed E-state index contributed by atoms with van der Waals surface area (Å²) < 4.78 is 0. The van der Waals surface area contributed by atoms with Gasteiger partial charge in [-0.15, -0.1) is 0 Å². The average Bonchev–Trinajstić information content (AvgIpc) is 2.69. The van der Waals surface area contributed by atoms with E-state index in [1.54, 1.807) is 66.7 Å². The molecule has 0 aliphatic heterocycles. The van der Waals surface area contributed by atoms with Gasteiger partial charge >= 0.3 is 0 Å². The molecule has 3 aromatic carbocycles. The van der Waals surface area contributed by atoms with E-state index in [0.29, 0.717) is 26.7 Å². The van der Waals surface area contributed by atoms with Crippen LogP contribution in [0.1, 0.15) is 32.4 Å². The van der Waals surface area contributed by atoms with Gasteiger partial charge in [-0.2, -0.15) is 0 Å². The van der Waals surface area contributed by atoms with E-state index in [9.17, 15) is 9.59 Å². The largest absolute Gasteiger partial charge is 0.328 e. The van der Waals surface area contributed by atoms with E-state index in [2.05, 4.69) is 10.6 Å². The van der Waals surface area contributed by atoms with E-state index in [1.165, 1.54) is 0 Å². The van der Waals surface area contributed by atoms with Gasteiger partial charge in [0.25, 0.3) is 11.8 Å². The number of carbonyl (C=O) groups is 2. The Kier molecular flexibility index (Phi) is 6.12. The predicted molar refractivity (Wildman–Crippen MR) is 107 cm³/mol. The average molecular weight is 399 g/mol. The quantitative estimate of drug-likeness (QED) is 0.603. The van der Waals surface area contributed by atoms with Crippen LogP contribution >= 0.6 is 23.2 Å². The first-order valence-electron chi connectivity index (χ1n) is 8.21. The fourth-order valence-corrected chi connectivity index (χ4v) is 3.05. The van der Waals surface area contributed by atoms with E-state index in [1.807, 2.05) is 12.1 Å². The van der Waals surface area contributed by atoms with Crippen LogP contribution in [0.25, 0.3) is 0 Å². The zero-order valence-electron chi connectivity index (χ0n) is 14.2. The molecule has 0 aromatic heterocycles.